The zero-order valence-electron chi connectivity index (χ0n) is 11.3. The van der Waals surface area contributed by atoms with Gasteiger partial charge in [0, 0.05) is 25.1 Å². The van der Waals surface area contributed by atoms with Crippen LogP contribution in [0.4, 0.5) is 0 Å². The minimum Gasteiger partial charge on any atom is -0.377 e. The third-order valence-electron chi connectivity index (χ3n) is 3.39. The highest BCUT2D eigenvalue weighted by Gasteiger charge is 2.24. The number of imidazole rings is 1. The first-order valence-corrected chi connectivity index (χ1v) is 6.59. The second-order valence-electron chi connectivity index (χ2n) is 4.80. The standard InChI is InChI=1S/C14H16N4O2/c1-11-9-20-7-6-18(11)14(19)12-2-3-13(16-8-12)17-5-4-15-10-17/h2-5,8,10-11H,6-7,9H2,1H3. The second kappa shape index (κ2) is 5.42. The average Bonchev–Trinajstić information content (AvgIpc) is 3.01. The Morgan fingerprint density at radius 1 is 1.45 bits per heavy atom. The fourth-order valence-corrected chi connectivity index (χ4v) is 2.25. The van der Waals surface area contributed by atoms with E-state index in [1.54, 1.807) is 29.4 Å². The Balaban J connectivity index is 1.78. The van der Waals surface area contributed by atoms with Crippen LogP contribution < -0.4 is 0 Å². The SMILES string of the molecule is CC1COCCN1C(=O)c1ccc(-n2ccnc2)nc1. The van der Waals surface area contributed by atoms with Gasteiger partial charge in [-0.1, -0.05) is 0 Å². The Morgan fingerprint density at radius 3 is 3.00 bits per heavy atom. The van der Waals surface area contributed by atoms with Crippen molar-refractivity contribution in [3.63, 3.8) is 0 Å². The molecule has 3 heterocycles. The number of ether oxygens (including phenoxy) is 1. The largest absolute Gasteiger partial charge is 0.377 e. The van der Waals surface area contributed by atoms with Crippen molar-refractivity contribution in [2.24, 2.45) is 0 Å². The maximum Gasteiger partial charge on any atom is 0.255 e. The number of morpholine rings is 1. The zero-order chi connectivity index (χ0) is 13.9. The summed E-state index contributed by atoms with van der Waals surface area (Å²) in [6.45, 7) is 3.80. The molecule has 1 atom stereocenters. The van der Waals surface area contributed by atoms with E-state index in [2.05, 4.69) is 9.97 Å². The van der Waals surface area contributed by atoms with Crippen LogP contribution in [-0.4, -0.2) is 51.1 Å². The molecule has 0 aliphatic carbocycles. The maximum atomic E-state index is 12.4. The molecule has 0 bridgehead atoms. The molecule has 1 unspecified atom stereocenters. The molecule has 0 aromatic carbocycles. The highest BCUT2D eigenvalue weighted by Crippen LogP contribution is 2.13. The van der Waals surface area contributed by atoms with Crippen LogP contribution in [0, 0.1) is 0 Å². The van der Waals surface area contributed by atoms with Crippen molar-refractivity contribution in [2.75, 3.05) is 19.8 Å². The predicted octanol–water partition coefficient (Wildman–Crippen LogP) is 1.13. The minimum absolute atomic E-state index is 0.00508. The summed E-state index contributed by atoms with van der Waals surface area (Å²) in [6, 6.07) is 3.72. The summed E-state index contributed by atoms with van der Waals surface area (Å²) in [7, 11) is 0. The molecule has 1 saturated heterocycles. The van der Waals surface area contributed by atoms with Gasteiger partial charge in [-0.25, -0.2) is 9.97 Å². The van der Waals surface area contributed by atoms with Crippen LogP contribution in [0.25, 0.3) is 5.82 Å². The van der Waals surface area contributed by atoms with Crippen LogP contribution in [0.5, 0.6) is 0 Å². The number of rotatable bonds is 2. The van der Waals surface area contributed by atoms with Gasteiger partial charge in [0.2, 0.25) is 0 Å². The first-order chi connectivity index (χ1) is 9.75. The van der Waals surface area contributed by atoms with E-state index in [1.807, 2.05) is 24.1 Å². The lowest BCUT2D eigenvalue weighted by Crippen LogP contribution is -2.47. The van der Waals surface area contributed by atoms with Crippen molar-refractivity contribution in [1.29, 1.82) is 0 Å². The molecule has 6 nitrogen and oxygen atoms in total. The van der Waals surface area contributed by atoms with Gasteiger partial charge in [-0.15, -0.1) is 0 Å². The topological polar surface area (TPSA) is 60.2 Å². The summed E-state index contributed by atoms with van der Waals surface area (Å²) in [5.41, 5.74) is 0.600. The van der Waals surface area contributed by atoms with E-state index in [1.165, 1.54) is 0 Å². The molecule has 0 saturated carbocycles. The lowest BCUT2D eigenvalue weighted by Gasteiger charge is -2.33. The monoisotopic (exact) mass is 272 g/mol. The van der Waals surface area contributed by atoms with Crippen molar-refractivity contribution >= 4 is 5.91 Å². The molecule has 104 valence electrons. The molecule has 0 radical (unpaired) electrons. The minimum atomic E-state index is 0.00508. The van der Waals surface area contributed by atoms with Gasteiger partial charge in [0.05, 0.1) is 24.8 Å². The van der Waals surface area contributed by atoms with E-state index >= 15 is 0 Å². The summed E-state index contributed by atoms with van der Waals surface area (Å²) in [5.74, 6) is 0.750. The number of hydrogen-bond acceptors (Lipinski definition) is 4. The Hall–Kier alpha value is -2.21. The highest BCUT2D eigenvalue weighted by molar-refractivity contribution is 5.94. The van der Waals surface area contributed by atoms with E-state index in [0.29, 0.717) is 25.3 Å². The Kier molecular flexibility index (Phi) is 3.47. The zero-order valence-corrected chi connectivity index (χ0v) is 11.3. The number of pyridine rings is 1. The molecule has 1 fully saturated rings. The third-order valence-corrected chi connectivity index (χ3v) is 3.39. The fourth-order valence-electron chi connectivity index (χ4n) is 2.25. The van der Waals surface area contributed by atoms with Gasteiger partial charge in [-0.2, -0.15) is 0 Å². The van der Waals surface area contributed by atoms with Gasteiger partial charge in [0.25, 0.3) is 5.91 Å². The van der Waals surface area contributed by atoms with E-state index in [0.717, 1.165) is 5.82 Å². The normalized spacial score (nSPS) is 19.1. The predicted molar refractivity (Wildman–Crippen MR) is 72.7 cm³/mol. The molecule has 0 spiro atoms. The number of nitrogens with zero attached hydrogens (tertiary/aromatic N) is 4. The van der Waals surface area contributed by atoms with Crippen LogP contribution >= 0.6 is 0 Å². The lowest BCUT2D eigenvalue weighted by atomic mass is 10.2. The van der Waals surface area contributed by atoms with Crippen molar-refractivity contribution in [3.8, 4) is 5.82 Å². The van der Waals surface area contributed by atoms with Gasteiger partial charge in [-0.3, -0.25) is 9.36 Å². The Bertz CT molecular complexity index is 580. The number of amides is 1. The van der Waals surface area contributed by atoms with Crippen molar-refractivity contribution < 1.29 is 9.53 Å². The van der Waals surface area contributed by atoms with Crippen LogP contribution in [0.15, 0.2) is 37.1 Å². The molecule has 20 heavy (non-hydrogen) atoms. The van der Waals surface area contributed by atoms with Gasteiger partial charge < -0.3 is 9.64 Å². The average molecular weight is 272 g/mol. The molecule has 6 heteroatoms. The number of hydrogen-bond donors (Lipinski definition) is 0. The summed E-state index contributed by atoms with van der Waals surface area (Å²) in [5, 5.41) is 0. The van der Waals surface area contributed by atoms with E-state index in [4.69, 9.17) is 4.74 Å². The Labute approximate surface area is 117 Å². The molecule has 1 aliphatic rings. The maximum absolute atomic E-state index is 12.4. The first-order valence-electron chi connectivity index (χ1n) is 6.59. The summed E-state index contributed by atoms with van der Waals surface area (Å²) in [4.78, 5) is 22.5. The Morgan fingerprint density at radius 2 is 2.35 bits per heavy atom. The second-order valence-corrected chi connectivity index (χ2v) is 4.80. The molecule has 0 N–H and O–H groups in total. The summed E-state index contributed by atoms with van der Waals surface area (Å²) in [6.07, 6.45) is 6.79. The van der Waals surface area contributed by atoms with Crippen molar-refractivity contribution in [1.82, 2.24) is 19.4 Å². The molecule has 1 amide bonds. The van der Waals surface area contributed by atoms with Crippen LogP contribution in [0.2, 0.25) is 0 Å². The molecule has 2 aromatic heterocycles. The van der Waals surface area contributed by atoms with Gasteiger partial charge in [0.15, 0.2) is 0 Å². The third kappa shape index (κ3) is 2.42. The molecular formula is C14H16N4O2. The molecule has 2 aromatic rings. The van der Waals surface area contributed by atoms with Crippen molar-refractivity contribution in [2.45, 2.75) is 13.0 Å². The van der Waals surface area contributed by atoms with E-state index < -0.39 is 0 Å². The molecule has 3 rings (SSSR count). The molecular weight excluding hydrogens is 256 g/mol. The number of carbonyl (C=O) groups is 1. The van der Waals surface area contributed by atoms with Crippen LogP contribution in [-0.2, 0) is 4.74 Å². The van der Waals surface area contributed by atoms with Gasteiger partial charge in [0.1, 0.15) is 12.1 Å². The van der Waals surface area contributed by atoms with E-state index in [-0.39, 0.29) is 11.9 Å². The number of carbonyl (C=O) groups excluding carboxylic acids is 1. The fraction of sp³-hybridized carbons (Fsp3) is 0.357. The van der Waals surface area contributed by atoms with Crippen LogP contribution in [0.1, 0.15) is 17.3 Å². The molecule has 1 aliphatic heterocycles. The highest BCUT2D eigenvalue weighted by atomic mass is 16.5. The smallest absolute Gasteiger partial charge is 0.255 e. The lowest BCUT2D eigenvalue weighted by molar-refractivity contribution is 0.00357. The number of aromatic nitrogens is 3. The first kappa shape index (κ1) is 12.8. The van der Waals surface area contributed by atoms with Gasteiger partial charge in [-0.05, 0) is 19.1 Å². The van der Waals surface area contributed by atoms with Crippen molar-refractivity contribution in [3.05, 3.63) is 42.6 Å². The van der Waals surface area contributed by atoms with E-state index in [9.17, 15) is 4.79 Å². The van der Waals surface area contributed by atoms with Gasteiger partial charge >= 0.3 is 0 Å². The quantitative estimate of drug-likeness (QED) is 0.822. The summed E-state index contributed by atoms with van der Waals surface area (Å²) >= 11 is 0. The summed E-state index contributed by atoms with van der Waals surface area (Å²) < 4.78 is 7.14. The van der Waals surface area contributed by atoms with Crippen LogP contribution in [0.3, 0.4) is 0 Å².